The van der Waals surface area contributed by atoms with Crippen molar-refractivity contribution in [3.8, 4) is 0 Å². The van der Waals surface area contributed by atoms with Crippen molar-refractivity contribution in [3.63, 3.8) is 0 Å². The normalized spacial score (nSPS) is 23.9. The highest BCUT2D eigenvalue weighted by Crippen LogP contribution is 2.42. The van der Waals surface area contributed by atoms with Gasteiger partial charge in [-0.05, 0) is 68.9 Å². The van der Waals surface area contributed by atoms with Gasteiger partial charge in [0, 0.05) is 17.6 Å². The molecule has 1 fully saturated rings. The van der Waals surface area contributed by atoms with Crippen molar-refractivity contribution in [2.45, 2.75) is 34.6 Å². The molecule has 0 radical (unpaired) electrons. The molecule has 0 spiro atoms. The Balaban J connectivity index is 1.72. The molecule has 1 saturated heterocycles. The minimum absolute atomic E-state index is 0.355. The van der Waals surface area contributed by atoms with Gasteiger partial charge in [-0.3, -0.25) is 0 Å². The quantitative estimate of drug-likeness (QED) is 0.911. The highest BCUT2D eigenvalue weighted by atomic mass is 32.2. The monoisotopic (exact) mass is 342 g/mol. The van der Waals surface area contributed by atoms with Crippen LogP contribution in [0.25, 0.3) is 0 Å². The zero-order valence-corrected chi connectivity index (χ0v) is 14.6. The molecule has 5 heteroatoms. The van der Waals surface area contributed by atoms with Crippen molar-refractivity contribution in [3.05, 3.63) is 54.1 Å². The maximum absolute atomic E-state index is 12.9. The summed E-state index contributed by atoms with van der Waals surface area (Å²) in [7, 11) is -1.31. The van der Waals surface area contributed by atoms with Gasteiger partial charge in [0.2, 0.25) is 9.84 Å². The van der Waals surface area contributed by atoms with Gasteiger partial charge in [-0.25, -0.2) is 8.42 Å². The molecule has 2 atom stereocenters. The van der Waals surface area contributed by atoms with E-state index < -0.39 is 9.84 Å². The van der Waals surface area contributed by atoms with E-state index in [1.165, 1.54) is 0 Å². The maximum atomic E-state index is 12.9. The standard InChI is InChI=1S/C19H22N2O2S/c1-21-11-9-16-17-13-15(7-8-18(17)20-19(16)10-12-21)24(22,23)14-5-3-2-4-6-14/h2-8,13,16,19-20H,9-12H2,1H3/t16-,19+/m1/s1. The third-order valence-electron chi connectivity index (χ3n) is 5.26. The predicted octanol–water partition coefficient (Wildman–Crippen LogP) is 3.12. The Labute approximate surface area is 143 Å². The molecule has 0 unspecified atom stereocenters. The van der Waals surface area contributed by atoms with Crippen LogP contribution in [0.5, 0.6) is 0 Å². The molecule has 2 aliphatic heterocycles. The smallest absolute Gasteiger partial charge is 0.206 e. The largest absolute Gasteiger partial charge is 0.381 e. The van der Waals surface area contributed by atoms with Crippen LogP contribution in [0, 0.1) is 0 Å². The van der Waals surface area contributed by atoms with E-state index >= 15 is 0 Å². The lowest BCUT2D eigenvalue weighted by Gasteiger charge is -2.16. The molecule has 2 aromatic rings. The van der Waals surface area contributed by atoms with Crippen LogP contribution in [0.4, 0.5) is 5.69 Å². The van der Waals surface area contributed by atoms with Gasteiger partial charge in [0.1, 0.15) is 0 Å². The number of anilines is 1. The number of nitrogens with zero attached hydrogens (tertiary/aromatic N) is 1. The number of benzene rings is 2. The molecule has 4 rings (SSSR count). The van der Waals surface area contributed by atoms with Gasteiger partial charge in [0.25, 0.3) is 0 Å². The van der Waals surface area contributed by atoms with Crippen LogP contribution in [0.15, 0.2) is 58.3 Å². The Kier molecular flexibility index (Phi) is 3.85. The first-order chi connectivity index (χ1) is 11.6. The van der Waals surface area contributed by atoms with Gasteiger partial charge in [-0.15, -0.1) is 0 Å². The van der Waals surface area contributed by atoms with Gasteiger partial charge in [-0.2, -0.15) is 0 Å². The molecule has 4 nitrogen and oxygen atoms in total. The van der Waals surface area contributed by atoms with Gasteiger partial charge in [0.05, 0.1) is 9.79 Å². The van der Waals surface area contributed by atoms with E-state index in [9.17, 15) is 8.42 Å². The fraction of sp³-hybridized carbons (Fsp3) is 0.368. The van der Waals surface area contributed by atoms with Crippen molar-refractivity contribution in [1.29, 1.82) is 0 Å². The predicted molar refractivity (Wildman–Crippen MR) is 95.2 cm³/mol. The van der Waals surface area contributed by atoms with E-state index in [-0.39, 0.29) is 0 Å². The van der Waals surface area contributed by atoms with Crippen LogP contribution < -0.4 is 5.32 Å². The fourth-order valence-electron chi connectivity index (χ4n) is 3.86. The van der Waals surface area contributed by atoms with E-state index in [1.807, 2.05) is 18.2 Å². The average molecular weight is 342 g/mol. The summed E-state index contributed by atoms with van der Waals surface area (Å²) in [6, 6.07) is 14.6. The molecule has 0 aliphatic carbocycles. The lowest BCUT2D eigenvalue weighted by Crippen LogP contribution is -2.22. The second-order valence-corrected chi connectivity index (χ2v) is 8.75. The molecule has 1 N–H and O–H groups in total. The summed E-state index contributed by atoms with van der Waals surface area (Å²) < 4.78 is 25.8. The van der Waals surface area contributed by atoms with Crippen molar-refractivity contribution in [1.82, 2.24) is 4.90 Å². The third-order valence-corrected chi connectivity index (χ3v) is 7.02. The Morgan fingerprint density at radius 3 is 2.54 bits per heavy atom. The minimum Gasteiger partial charge on any atom is -0.381 e. The molecule has 126 valence electrons. The topological polar surface area (TPSA) is 49.4 Å². The summed E-state index contributed by atoms with van der Waals surface area (Å²) in [4.78, 5) is 3.10. The Bertz CT molecular complexity index is 849. The molecule has 2 aromatic carbocycles. The molecular formula is C19H22N2O2S. The van der Waals surface area contributed by atoms with Gasteiger partial charge in [0.15, 0.2) is 0 Å². The van der Waals surface area contributed by atoms with Crippen LogP contribution in [0.1, 0.15) is 24.3 Å². The molecule has 0 aromatic heterocycles. The van der Waals surface area contributed by atoms with E-state index in [0.29, 0.717) is 21.8 Å². The van der Waals surface area contributed by atoms with Crippen LogP contribution in [0.3, 0.4) is 0 Å². The van der Waals surface area contributed by atoms with Gasteiger partial charge < -0.3 is 10.2 Å². The van der Waals surface area contributed by atoms with Crippen molar-refractivity contribution >= 4 is 15.5 Å². The molecular weight excluding hydrogens is 320 g/mol. The molecule has 24 heavy (non-hydrogen) atoms. The first-order valence-electron chi connectivity index (χ1n) is 8.45. The Hall–Kier alpha value is -1.85. The summed E-state index contributed by atoms with van der Waals surface area (Å²) >= 11 is 0. The first-order valence-corrected chi connectivity index (χ1v) is 9.93. The van der Waals surface area contributed by atoms with Crippen LogP contribution in [-0.2, 0) is 9.84 Å². The van der Waals surface area contributed by atoms with E-state index in [1.54, 1.807) is 30.3 Å². The van der Waals surface area contributed by atoms with Crippen LogP contribution in [0.2, 0.25) is 0 Å². The van der Waals surface area contributed by atoms with Gasteiger partial charge >= 0.3 is 0 Å². The van der Waals surface area contributed by atoms with E-state index in [0.717, 1.165) is 37.2 Å². The second kappa shape index (κ2) is 5.90. The molecule has 2 aliphatic rings. The number of fused-ring (bicyclic) bond motifs is 3. The number of hydrogen-bond donors (Lipinski definition) is 1. The first kappa shape index (κ1) is 15.7. The number of nitrogens with one attached hydrogen (secondary N) is 1. The zero-order chi connectivity index (χ0) is 16.7. The Morgan fingerprint density at radius 2 is 1.75 bits per heavy atom. The van der Waals surface area contributed by atoms with Crippen molar-refractivity contribution < 1.29 is 8.42 Å². The number of sulfone groups is 1. The number of likely N-dealkylation sites (tertiary alicyclic amines) is 1. The number of hydrogen-bond acceptors (Lipinski definition) is 4. The molecule has 2 heterocycles. The van der Waals surface area contributed by atoms with Gasteiger partial charge in [-0.1, -0.05) is 18.2 Å². The molecule has 0 amide bonds. The third kappa shape index (κ3) is 2.62. The second-order valence-electron chi connectivity index (χ2n) is 6.80. The zero-order valence-electron chi connectivity index (χ0n) is 13.8. The van der Waals surface area contributed by atoms with Crippen LogP contribution >= 0.6 is 0 Å². The Morgan fingerprint density at radius 1 is 1.00 bits per heavy atom. The summed E-state index contributed by atoms with van der Waals surface area (Å²) in [5, 5.41) is 3.59. The number of rotatable bonds is 2. The molecule has 0 saturated carbocycles. The van der Waals surface area contributed by atoms with E-state index in [4.69, 9.17) is 0 Å². The highest BCUT2D eigenvalue weighted by molar-refractivity contribution is 7.91. The summed E-state index contributed by atoms with van der Waals surface area (Å²) in [5.74, 6) is 0.399. The SMILES string of the molecule is CN1CC[C@@H]2Nc3ccc(S(=O)(=O)c4ccccc4)cc3[C@H]2CC1. The lowest BCUT2D eigenvalue weighted by atomic mass is 9.91. The highest BCUT2D eigenvalue weighted by Gasteiger charge is 2.34. The lowest BCUT2D eigenvalue weighted by molar-refractivity contribution is 0.346. The van der Waals surface area contributed by atoms with Crippen molar-refractivity contribution in [2.24, 2.45) is 0 Å². The average Bonchev–Trinajstić information content (AvgIpc) is 2.85. The summed E-state index contributed by atoms with van der Waals surface area (Å²) in [5.41, 5.74) is 2.26. The minimum atomic E-state index is -3.46. The van der Waals surface area contributed by atoms with E-state index in [2.05, 4.69) is 17.3 Å². The fourth-order valence-corrected chi connectivity index (χ4v) is 5.18. The summed E-state index contributed by atoms with van der Waals surface area (Å²) in [6.07, 6.45) is 2.16. The maximum Gasteiger partial charge on any atom is 0.206 e. The summed E-state index contributed by atoms with van der Waals surface area (Å²) in [6.45, 7) is 2.13. The van der Waals surface area contributed by atoms with Crippen LogP contribution in [-0.4, -0.2) is 39.5 Å². The van der Waals surface area contributed by atoms with Crippen molar-refractivity contribution in [2.75, 3.05) is 25.5 Å². The molecule has 0 bridgehead atoms.